The molecule has 0 aromatic rings. The first-order valence-electron chi connectivity index (χ1n) is 9.39. The minimum Gasteiger partial charge on any atom is -0.481 e. The molecule has 1 aliphatic carbocycles. The summed E-state index contributed by atoms with van der Waals surface area (Å²) in [4.78, 5) is 22.5. The van der Waals surface area contributed by atoms with Gasteiger partial charge in [-0.2, -0.15) is 0 Å². The third-order valence-corrected chi connectivity index (χ3v) is 4.72. The van der Waals surface area contributed by atoms with E-state index in [1.54, 1.807) is 12.2 Å². The third-order valence-electron chi connectivity index (χ3n) is 4.72. The van der Waals surface area contributed by atoms with Crippen molar-refractivity contribution in [1.82, 2.24) is 0 Å². The van der Waals surface area contributed by atoms with Crippen LogP contribution >= 0.6 is 0 Å². The summed E-state index contributed by atoms with van der Waals surface area (Å²) in [6.45, 7) is 2.11. The van der Waals surface area contributed by atoms with Crippen LogP contribution in [0.15, 0.2) is 24.3 Å². The third kappa shape index (κ3) is 8.45. The van der Waals surface area contributed by atoms with Gasteiger partial charge in [0.1, 0.15) is 5.78 Å². The lowest BCUT2D eigenvalue weighted by molar-refractivity contribution is -0.137. The van der Waals surface area contributed by atoms with Crippen LogP contribution in [0.5, 0.6) is 0 Å². The molecule has 1 saturated carbocycles. The number of carboxylic acid groups (broad SMARTS) is 1. The second kappa shape index (κ2) is 12.0. The zero-order chi connectivity index (χ0) is 18.7. The molecule has 5 heteroatoms. The Labute approximate surface area is 150 Å². The molecule has 1 fully saturated rings. The van der Waals surface area contributed by atoms with E-state index in [1.807, 2.05) is 12.2 Å². The summed E-state index contributed by atoms with van der Waals surface area (Å²) in [6, 6.07) is 0. The van der Waals surface area contributed by atoms with Gasteiger partial charge in [0, 0.05) is 24.7 Å². The first-order valence-corrected chi connectivity index (χ1v) is 9.39. The van der Waals surface area contributed by atoms with Crippen molar-refractivity contribution in [2.45, 2.75) is 76.9 Å². The van der Waals surface area contributed by atoms with E-state index in [0.717, 1.165) is 19.3 Å². The molecular weight excluding hydrogens is 320 g/mol. The Balaban J connectivity index is 2.48. The van der Waals surface area contributed by atoms with Crippen LogP contribution in [-0.2, 0) is 9.59 Å². The molecule has 1 aliphatic rings. The molecule has 1 rings (SSSR count). The number of unbranched alkanes of at least 4 members (excludes halogenated alkanes) is 3. The molecule has 142 valence electrons. The lowest BCUT2D eigenvalue weighted by Crippen LogP contribution is -2.19. The number of rotatable bonds is 12. The van der Waals surface area contributed by atoms with Crippen molar-refractivity contribution in [3.63, 3.8) is 0 Å². The van der Waals surface area contributed by atoms with Crippen LogP contribution in [0.3, 0.4) is 0 Å². The number of ketones is 1. The fourth-order valence-electron chi connectivity index (χ4n) is 3.22. The smallest absolute Gasteiger partial charge is 0.303 e. The van der Waals surface area contributed by atoms with Gasteiger partial charge in [-0.05, 0) is 25.7 Å². The predicted molar refractivity (Wildman–Crippen MR) is 97.1 cm³/mol. The number of Topliss-reactive ketones (excluding diaryl/α,β-unsaturated/α-hetero) is 1. The van der Waals surface area contributed by atoms with Gasteiger partial charge in [-0.25, -0.2) is 0 Å². The number of aliphatic carboxylic acids is 1. The maximum absolute atomic E-state index is 12.1. The van der Waals surface area contributed by atoms with Gasteiger partial charge in [-0.3, -0.25) is 9.59 Å². The number of carboxylic acids is 1. The van der Waals surface area contributed by atoms with Crippen molar-refractivity contribution in [3.05, 3.63) is 24.3 Å². The van der Waals surface area contributed by atoms with Gasteiger partial charge in [0.15, 0.2) is 0 Å². The molecule has 0 radical (unpaired) electrons. The number of carbonyl (C=O) groups is 2. The van der Waals surface area contributed by atoms with Crippen molar-refractivity contribution >= 4 is 11.8 Å². The van der Waals surface area contributed by atoms with Crippen LogP contribution in [0.25, 0.3) is 0 Å². The molecule has 0 aliphatic heterocycles. The summed E-state index contributed by atoms with van der Waals surface area (Å²) in [7, 11) is 0. The monoisotopic (exact) mass is 352 g/mol. The van der Waals surface area contributed by atoms with E-state index >= 15 is 0 Å². The number of aliphatic hydroxyl groups is 2. The summed E-state index contributed by atoms with van der Waals surface area (Å²) in [5.41, 5.74) is 0. The Kier molecular flexibility index (Phi) is 10.3. The number of hydrogen-bond acceptors (Lipinski definition) is 4. The summed E-state index contributed by atoms with van der Waals surface area (Å²) in [5.74, 6) is -1.29. The highest BCUT2D eigenvalue weighted by molar-refractivity contribution is 5.86. The quantitative estimate of drug-likeness (QED) is 0.370. The van der Waals surface area contributed by atoms with Crippen LogP contribution < -0.4 is 0 Å². The Morgan fingerprint density at radius 1 is 1.28 bits per heavy atom. The van der Waals surface area contributed by atoms with E-state index < -0.39 is 18.2 Å². The second-order valence-corrected chi connectivity index (χ2v) is 6.87. The Morgan fingerprint density at radius 3 is 2.72 bits per heavy atom. The topological polar surface area (TPSA) is 94.8 Å². The molecule has 0 heterocycles. The van der Waals surface area contributed by atoms with E-state index in [2.05, 4.69) is 6.92 Å². The zero-order valence-electron chi connectivity index (χ0n) is 15.1. The highest BCUT2D eigenvalue weighted by atomic mass is 16.4. The van der Waals surface area contributed by atoms with E-state index in [1.165, 1.54) is 0 Å². The maximum atomic E-state index is 12.1. The molecule has 0 aromatic carbocycles. The fraction of sp³-hybridized carbons (Fsp3) is 0.700. The van der Waals surface area contributed by atoms with Crippen LogP contribution in [0, 0.1) is 11.8 Å². The highest BCUT2D eigenvalue weighted by Crippen LogP contribution is 2.33. The van der Waals surface area contributed by atoms with Crippen molar-refractivity contribution in [3.8, 4) is 0 Å². The standard InChI is InChI=1S/C20H32O5/c1-2-3-6-9-15(21)12-13-17-16(18(22)14-19(17)23)10-7-4-5-8-11-20(24)25/h4,7,12-13,15-18,21-22H,2-3,5-6,8-11,14H2,1H3,(H,24,25)/b7-4-,13-12+/t15-,16+,17-,18+/m0/s1. The SMILES string of the molecule is CCCCC[C@H](O)/C=C/[C@@H]1C(=O)C[C@@H](O)[C@@H]1C/C=C\CCCC(=O)O. The van der Waals surface area contributed by atoms with E-state index in [4.69, 9.17) is 5.11 Å². The zero-order valence-corrected chi connectivity index (χ0v) is 15.1. The van der Waals surface area contributed by atoms with Crippen LogP contribution in [-0.4, -0.2) is 39.3 Å². The number of carbonyl (C=O) groups excluding carboxylic acids is 1. The molecule has 0 aromatic heterocycles. The van der Waals surface area contributed by atoms with Gasteiger partial charge in [0.25, 0.3) is 0 Å². The van der Waals surface area contributed by atoms with E-state index in [-0.39, 0.29) is 30.5 Å². The largest absolute Gasteiger partial charge is 0.481 e. The van der Waals surface area contributed by atoms with Crippen molar-refractivity contribution < 1.29 is 24.9 Å². The molecule has 25 heavy (non-hydrogen) atoms. The molecule has 5 nitrogen and oxygen atoms in total. The molecular formula is C20H32O5. The van der Waals surface area contributed by atoms with Crippen molar-refractivity contribution in [2.24, 2.45) is 11.8 Å². The van der Waals surface area contributed by atoms with Gasteiger partial charge in [0.05, 0.1) is 12.2 Å². The lowest BCUT2D eigenvalue weighted by atomic mass is 9.90. The molecule has 0 spiro atoms. The van der Waals surface area contributed by atoms with Gasteiger partial charge in [0.2, 0.25) is 0 Å². The number of allylic oxidation sites excluding steroid dienone is 3. The first-order chi connectivity index (χ1) is 12.0. The molecule has 4 atom stereocenters. The number of hydrogen-bond donors (Lipinski definition) is 3. The Bertz CT molecular complexity index is 469. The maximum Gasteiger partial charge on any atom is 0.303 e. The summed E-state index contributed by atoms with van der Waals surface area (Å²) < 4.78 is 0. The number of aliphatic hydroxyl groups excluding tert-OH is 2. The van der Waals surface area contributed by atoms with Gasteiger partial charge < -0.3 is 15.3 Å². The normalized spacial score (nSPS) is 25.2. The Morgan fingerprint density at radius 2 is 2.04 bits per heavy atom. The van der Waals surface area contributed by atoms with Crippen molar-refractivity contribution in [1.29, 1.82) is 0 Å². The highest BCUT2D eigenvalue weighted by Gasteiger charge is 2.39. The van der Waals surface area contributed by atoms with Crippen LogP contribution in [0.2, 0.25) is 0 Å². The van der Waals surface area contributed by atoms with Crippen LogP contribution in [0.4, 0.5) is 0 Å². The molecule has 0 saturated heterocycles. The minimum atomic E-state index is -0.798. The van der Waals surface area contributed by atoms with Gasteiger partial charge in [-0.1, -0.05) is 50.5 Å². The summed E-state index contributed by atoms with van der Waals surface area (Å²) >= 11 is 0. The Hall–Kier alpha value is -1.46. The molecule has 0 unspecified atom stereocenters. The summed E-state index contributed by atoms with van der Waals surface area (Å²) in [6.07, 6.45) is 12.1. The first kappa shape index (κ1) is 21.6. The molecule has 0 bridgehead atoms. The summed E-state index contributed by atoms with van der Waals surface area (Å²) in [5, 5.41) is 28.7. The average molecular weight is 352 g/mol. The fourth-order valence-corrected chi connectivity index (χ4v) is 3.22. The van der Waals surface area contributed by atoms with Crippen LogP contribution in [0.1, 0.15) is 64.7 Å². The van der Waals surface area contributed by atoms with Gasteiger partial charge in [-0.15, -0.1) is 0 Å². The van der Waals surface area contributed by atoms with E-state index in [0.29, 0.717) is 25.7 Å². The van der Waals surface area contributed by atoms with Gasteiger partial charge >= 0.3 is 5.97 Å². The van der Waals surface area contributed by atoms with Crippen molar-refractivity contribution in [2.75, 3.05) is 0 Å². The average Bonchev–Trinajstić information content (AvgIpc) is 2.82. The molecule has 3 N–H and O–H groups in total. The van der Waals surface area contributed by atoms with E-state index in [9.17, 15) is 19.8 Å². The molecule has 0 amide bonds. The second-order valence-electron chi connectivity index (χ2n) is 6.87. The lowest BCUT2D eigenvalue weighted by Gasteiger charge is -2.17. The predicted octanol–water partition coefficient (Wildman–Crippen LogP) is 3.25. The minimum absolute atomic E-state index is 0.0220.